The summed E-state index contributed by atoms with van der Waals surface area (Å²) in [6.45, 7) is 6.98. The van der Waals surface area contributed by atoms with Crippen molar-refractivity contribution in [2.45, 2.75) is 25.4 Å². The molecule has 1 saturated heterocycles. The lowest BCUT2D eigenvalue weighted by Crippen LogP contribution is -2.45. The number of hydrogen-bond acceptors (Lipinski definition) is 5. The molecule has 1 fully saturated rings. The highest BCUT2D eigenvalue weighted by Crippen LogP contribution is 2.26. The first kappa shape index (κ1) is 16.9. The van der Waals surface area contributed by atoms with Crippen LogP contribution >= 0.6 is 0 Å². The number of nitrogens with one attached hydrogen (secondary N) is 1. The van der Waals surface area contributed by atoms with Gasteiger partial charge in [-0.05, 0) is 25.5 Å². The van der Waals surface area contributed by atoms with E-state index >= 15 is 0 Å². The Morgan fingerprint density at radius 1 is 1.29 bits per heavy atom. The minimum atomic E-state index is -0.913. The standard InChI is InChI=1S/C18H25N3O3/c1-18(14-16(20-24-18)15-6-3-2-4-7-15)17(22)19-8-5-9-21-10-12-23-13-11-21/h2-4,6-7H,5,8-14H2,1H3,(H,19,22)/t18-/m0/s1. The summed E-state index contributed by atoms with van der Waals surface area (Å²) >= 11 is 0. The molecule has 0 saturated carbocycles. The number of hydrogen-bond donors (Lipinski definition) is 1. The van der Waals surface area contributed by atoms with Crippen molar-refractivity contribution in [2.75, 3.05) is 39.4 Å². The van der Waals surface area contributed by atoms with Gasteiger partial charge in [0.25, 0.3) is 5.91 Å². The largest absolute Gasteiger partial charge is 0.379 e. The summed E-state index contributed by atoms with van der Waals surface area (Å²) in [5.74, 6) is -0.0980. The Bertz CT molecular complexity index is 584. The van der Waals surface area contributed by atoms with Gasteiger partial charge in [-0.2, -0.15) is 0 Å². The van der Waals surface area contributed by atoms with Crippen molar-refractivity contribution < 1.29 is 14.4 Å². The molecule has 2 heterocycles. The number of ether oxygens (including phenoxy) is 1. The zero-order chi connectivity index (χ0) is 16.8. The molecule has 0 radical (unpaired) electrons. The van der Waals surface area contributed by atoms with E-state index in [1.165, 1.54) is 0 Å². The van der Waals surface area contributed by atoms with Crippen molar-refractivity contribution in [1.29, 1.82) is 0 Å². The van der Waals surface area contributed by atoms with E-state index in [1.54, 1.807) is 6.92 Å². The number of rotatable bonds is 6. The van der Waals surface area contributed by atoms with Gasteiger partial charge in [0.15, 0.2) is 0 Å². The molecule has 1 aromatic carbocycles. The molecule has 1 amide bonds. The number of morpholine rings is 1. The van der Waals surface area contributed by atoms with E-state index in [2.05, 4.69) is 15.4 Å². The molecule has 2 aliphatic heterocycles. The molecule has 6 heteroatoms. The molecule has 0 unspecified atom stereocenters. The fourth-order valence-electron chi connectivity index (χ4n) is 2.96. The Kier molecular flexibility index (Phi) is 5.48. The van der Waals surface area contributed by atoms with Gasteiger partial charge in [-0.15, -0.1) is 0 Å². The first-order valence-corrected chi connectivity index (χ1v) is 8.56. The van der Waals surface area contributed by atoms with Crippen LogP contribution in [0.15, 0.2) is 35.5 Å². The fraction of sp³-hybridized carbons (Fsp3) is 0.556. The van der Waals surface area contributed by atoms with Crippen LogP contribution in [0.25, 0.3) is 0 Å². The first-order chi connectivity index (χ1) is 11.7. The minimum Gasteiger partial charge on any atom is -0.379 e. The van der Waals surface area contributed by atoms with E-state index < -0.39 is 5.60 Å². The first-order valence-electron chi connectivity index (χ1n) is 8.56. The zero-order valence-corrected chi connectivity index (χ0v) is 14.2. The molecule has 3 rings (SSSR count). The van der Waals surface area contributed by atoms with E-state index in [4.69, 9.17) is 9.57 Å². The maximum Gasteiger partial charge on any atom is 0.267 e. The highest BCUT2D eigenvalue weighted by molar-refractivity contribution is 6.05. The van der Waals surface area contributed by atoms with Crippen LogP contribution in [0.2, 0.25) is 0 Å². The minimum absolute atomic E-state index is 0.0980. The van der Waals surface area contributed by atoms with Crippen LogP contribution in [0, 0.1) is 0 Å². The van der Waals surface area contributed by atoms with Gasteiger partial charge in [-0.3, -0.25) is 9.69 Å². The predicted molar refractivity (Wildman–Crippen MR) is 92.0 cm³/mol. The maximum atomic E-state index is 12.5. The summed E-state index contributed by atoms with van der Waals surface area (Å²) in [6, 6.07) is 9.83. The Morgan fingerprint density at radius 2 is 2.04 bits per heavy atom. The number of carbonyl (C=O) groups is 1. The summed E-state index contributed by atoms with van der Waals surface area (Å²) in [6.07, 6.45) is 1.42. The van der Waals surface area contributed by atoms with Crippen molar-refractivity contribution in [1.82, 2.24) is 10.2 Å². The Labute approximate surface area is 142 Å². The topological polar surface area (TPSA) is 63.2 Å². The van der Waals surface area contributed by atoms with Gasteiger partial charge < -0.3 is 14.9 Å². The molecule has 2 aliphatic rings. The number of carbonyl (C=O) groups excluding carboxylic acids is 1. The second kappa shape index (κ2) is 7.77. The molecule has 0 bridgehead atoms. The molecule has 6 nitrogen and oxygen atoms in total. The normalized spacial score (nSPS) is 24.3. The van der Waals surface area contributed by atoms with Crippen molar-refractivity contribution in [2.24, 2.45) is 5.16 Å². The Balaban J connectivity index is 1.42. The van der Waals surface area contributed by atoms with E-state index in [1.807, 2.05) is 30.3 Å². The predicted octanol–water partition coefficient (Wildman–Crippen LogP) is 1.41. The third-order valence-electron chi connectivity index (χ3n) is 4.49. The third kappa shape index (κ3) is 4.13. The molecule has 1 N–H and O–H groups in total. The third-order valence-corrected chi connectivity index (χ3v) is 4.49. The SMILES string of the molecule is C[C@@]1(C(=O)NCCCN2CCOCC2)CC(c2ccccc2)=NO1. The number of oxime groups is 1. The monoisotopic (exact) mass is 331 g/mol. The van der Waals surface area contributed by atoms with Crippen molar-refractivity contribution in [3.8, 4) is 0 Å². The van der Waals surface area contributed by atoms with Crippen LogP contribution in [0.4, 0.5) is 0 Å². The summed E-state index contributed by atoms with van der Waals surface area (Å²) in [5, 5.41) is 7.10. The average Bonchev–Trinajstić information content (AvgIpc) is 3.04. The van der Waals surface area contributed by atoms with E-state index in [0.29, 0.717) is 13.0 Å². The van der Waals surface area contributed by atoms with Gasteiger partial charge in [-0.25, -0.2) is 0 Å². The van der Waals surface area contributed by atoms with Crippen LogP contribution in [-0.4, -0.2) is 61.5 Å². The molecule has 1 aromatic rings. The molecule has 0 aromatic heterocycles. The molecular formula is C18H25N3O3. The lowest BCUT2D eigenvalue weighted by molar-refractivity contribution is -0.141. The Morgan fingerprint density at radius 3 is 2.79 bits per heavy atom. The summed E-state index contributed by atoms with van der Waals surface area (Å²) in [4.78, 5) is 20.3. The molecule has 24 heavy (non-hydrogen) atoms. The summed E-state index contributed by atoms with van der Waals surface area (Å²) < 4.78 is 5.33. The van der Waals surface area contributed by atoms with E-state index in [-0.39, 0.29) is 5.91 Å². The lowest BCUT2D eigenvalue weighted by atomic mass is 9.95. The van der Waals surface area contributed by atoms with Crippen LogP contribution in [0.5, 0.6) is 0 Å². The quantitative estimate of drug-likeness (QED) is 0.801. The van der Waals surface area contributed by atoms with Crippen LogP contribution in [0.1, 0.15) is 25.3 Å². The van der Waals surface area contributed by atoms with E-state index in [9.17, 15) is 4.79 Å². The zero-order valence-electron chi connectivity index (χ0n) is 14.2. The second-order valence-electron chi connectivity index (χ2n) is 6.47. The van der Waals surface area contributed by atoms with Crippen molar-refractivity contribution in [3.63, 3.8) is 0 Å². The van der Waals surface area contributed by atoms with Gasteiger partial charge in [0.1, 0.15) is 0 Å². The van der Waals surface area contributed by atoms with Crippen LogP contribution in [-0.2, 0) is 14.4 Å². The summed E-state index contributed by atoms with van der Waals surface area (Å²) in [7, 11) is 0. The Hall–Kier alpha value is -1.92. The van der Waals surface area contributed by atoms with Gasteiger partial charge in [0.2, 0.25) is 5.60 Å². The van der Waals surface area contributed by atoms with Crippen LogP contribution < -0.4 is 5.32 Å². The average molecular weight is 331 g/mol. The second-order valence-corrected chi connectivity index (χ2v) is 6.47. The highest BCUT2D eigenvalue weighted by Gasteiger charge is 2.41. The number of benzene rings is 1. The number of amides is 1. The smallest absolute Gasteiger partial charge is 0.267 e. The fourth-order valence-corrected chi connectivity index (χ4v) is 2.96. The van der Waals surface area contributed by atoms with Crippen molar-refractivity contribution in [3.05, 3.63) is 35.9 Å². The lowest BCUT2D eigenvalue weighted by Gasteiger charge is -2.26. The van der Waals surface area contributed by atoms with Crippen LogP contribution in [0.3, 0.4) is 0 Å². The molecule has 1 atom stereocenters. The summed E-state index contributed by atoms with van der Waals surface area (Å²) in [5.41, 5.74) is 0.910. The van der Waals surface area contributed by atoms with Gasteiger partial charge in [-0.1, -0.05) is 35.5 Å². The van der Waals surface area contributed by atoms with Gasteiger partial charge >= 0.3 is 0 Å². The van der Waals surface area contributed by atoms with Gasteiger partial charge in [0, 0.05) is 26.1 Å². The molecule has 0 aliphatic carbocycles. The van der Waals surface area contributed by atoms with Gasteiger partial charge in [0.05, 0.1) is 18.9 Å². The highest BCUT2D eigenvalue weighted by atomic mass is 16.7. The van der Waals surface area contributed by atoms with E-state index in [0.717, 1.165) is 50.5 Å². The van der Waals surface area contributed by atoms with Crippen molar-refractivity contribution >= 4 is 11.6 Å². The molecule has 130 valence electrons. The molecular weight excluding hydrogens is 306 g/mol. The maximum absolute atomic E-state index is 12.5. The number of nitrogens with zero attached hydrogens (tertiary/aromatic N) is 2. The molecule has 0 spiro atoms.